The molecule has 0 radical (unpaired) electrons. The Morgan fingerprint density at radius 3 is 2.24 bits per heavy atom. The van der Waals surface area contributed by atoms with Crippen LogP contribution >= 0.6 is 0 Å². The standard InChI is InChI=1S/C15H27N3O3/c1-3-5-15(13(19)20)6-7-18(12-15)14(21)17-10-8-16(4-2)9-11-17/h3-12H2,1-2H3,(H,19,20). The van der Waals surface area contributed by atoms with Gasteiger partial charge in [0.15, 0.2) is 0 Å². The molecule has 1 atom stereocenters. The van der Waals surface area contributed by atoms with Crippen LogP contribution in [0.1, 0.15) is 33.1 Å². The summed E-state index contributed by atoms with van der Waals surface area (Å²) < 4.78 is 0. The van der Waals surface area contributed by atoms with Gasteiger partial charge in [0.05, 0.1) is 5.41 Å². The number of hydrogen-bond acceptors (Lipinski definition) is 3. The monoisotopic (exact) mass is 297 g/mol. The summed E-state index contributed by atoms with van der Waals surface area (Å²) >= 11 is 0. The highest BCUT2D eigenvalue weighted by Crippen LogP contribution is 2.36. The highest BCUT2D eigenvalue weighted by Gasteiger charge is 2.46. The van der Waals surface area contributed by atoms with E-state index in [2.05, 4.69) is 11.8 Å². The molecule has 6 heteroatoms. The average molecular weight is 297 g/mol. The van der Waals surface area contributed by atoms with E-state index in [0.717, 1.165) is 39.1 Å². The van der Waals surface area contributed by atoms with Gasteiger partial charge in [-0.2, -0.15) is 0 Å². The number of urea groups is 1. The Morgan fingerprint density at radius 1 is 1.05 bits per heavy atom. The lowest BCUT2D eigenvalue weighted by molar-refractivity contribution is -0.148. The molecular formula is C15H27N3O3. The van der Waals surface area contributed by atoms with Crippen molar-refractivity contribution in [1.29, 1.82) is 0 Å². The molecule has 0 aromatic rings. The van der Waals surface area contributed by atoms with Crippen molar-refractivity contribution in [2.45, 2.75) is 33.1 Å². The van der Waals surface area contributed by atoms with E-state index in [9.17, 15) is 14.7 Å². The van der Waals surface area contributed by atoms with Crippen LogP contribution in [0.5, 0.6) is 0 Å². The van der Waals surface area contributed by atoms with Gasteiger partial charge in [-0.3, -0.25) is 4.79 Å². The third-order valence-electron chi connectivity index (χ3n) is 4.90. The molecule has 0 spiro atoms. The molecule has 0 saturated carbocycles. The number of nitrogens with zero attached hydrogens (tertiary/aromatic N) is 3. The fourth-order valence-electron chi connectivity index (χ4n) is 3.46. The Hall–Kier alpha value is -1.30. The second-order valence-corrected chi connectivity index (χ2v) is 6.21. The summed E-state index contributed by atoms with van der Waals surface area (Å²) in [5, 5.41) is 9.51. The molecule has 2 fully saturated rings. The van der Waals surface area contributed by atoms with Gasteiger partial charge in [0.25, 0.3) is 0 Å². The first-order chi connectivity index (χ1) is 10.0. The number of carbonyl (C=O) groups excluding carboxylic acids is 1. The molecule has 2 aliphatic heterocycles. The Labute approximate surface area is 126 Å². The Kier molecular flexibility index (Phi) is 5.08. The molecule has 0 aromatic heterocycles. The van der Waals surface area contributed by atoms with Gasteiger partial charge < -0.3 is 19.8 Å². The Bertz CT molecular complexity index is 394. The van der Waals surface area contributed by atoms with Crippen LogP contribution in [0.3, 0.4) is 0 Å². The third-order valence-corrected chi connectivity index (χ3v) is 4.90. The molecule has 0 aliphatic carbocycles. The van der Waals surface area contributed by atoms with Crippen LogP contribution < -0.4 is 0 Å². The third kappa shape index (κ3) is 3.31. The first-order valence-corrected chi connectivity index (χ1v) is 8.02. The van der Waals surface area contributed by atoms with Crippen molar-refractivity contribution in [2.75, 3.05) is 45.8 Å². The van der Waals surface area contributed by atoms with Crippen LogP contribution in [0.4, 0.5) is 4.79 Å². The molecule has 6 nitrogen and oxygen atoms in total. The minimum absolute atomic E-state index is 0.0185. The molecule has 2 saturated heterocycles. The van der Waals surface area contributed by atoms with Gasteiger partial charge in [-0.15, -0.1) is 0 Å². The zero-order valence-corrected chi connectivity index (χ0v) is 13.2. The van der Waals surface area contributed by atoms with E-state index >= 15 is 0 Å². The van der Waals surface area contributed by atoms with Crippen LogP contribution in [-0.4, -0.2) is 77.6 Å². The van der Waals surface area contributed by atoms with Crippen LogP contribution in [0.2, 0.25) is 0 Å². The smallest absolute Gasteiger partial charge is 0.320 e. The van der Waals surface area contributed by atoms with E-state index in [4.69, 9.17) is 0 Å². The van der Waals surface area contributed by atoms with Crippen molar-refractivity contribution in [3.63, 3.8) is 0 Å². The minimum atomic E-state index is -0.754. The Morgan fingerprint density at radius 2 is 1.71 bits per heavy atom. The fourth-order valence-corrected chi connectivity index (χ4v) is 3.46. The van der Waals surface area contributed by atoms with Crippen molar-refractivity contribution >= 4 is 12.0 Å². The lowest BCUT2D eigenvalue weighted by Gasteiger charge is -2.36. The van der Waals surface area contributed by atoms with Crippen molar-refractivity contribution in [3.05, 3.63) is 0 Å². The zero-order valence-electron chi connectivity index (χ0n) is 13.2. The maximum atomic E-state index is 12.6. The first-order valence-electron chi connectivity index (χ1n) is 8.02. The number of carbonyl (C=O) groups is 2. The summed E-state index contributed by atoms with van der Waals surface area (Å²) in [6, 6.07) is 0.0185. The highest BCUT2D eigenvalue weighted by atomic mass is 16.4. The van der Waals surface area contributed by atoms with E-state index in [1.165, 1.54) is 0 Å². The van der Waals surface area contributed by atoms with Gasteiger partial charge in [-0.05, 0) is 19.4 Å². The summed E-state index contributed by atoms with van der Waals surface area (Å²) in [6.07, 6.45) is 2.07. The summed E-state index contributed by atoms with van der Waals surface area (Å²) in [6.45, 7) is 9.40. The maximum Gasteiger partial charge on any atom is 0.320 e. The van der Waals surface area contributed by atoms with Crippen LogP contribution in [0.25, 0.3) is 0 Å². The molecule has 1 unspecified atom stereocenters. The minimum Gasteiger partial charge on any atom is -0.481 e. The van der Waals surface area contributed by atoms with E-state index in [1.807, 2.05) is 11.8 Å². The number of rotatable bonds is 4. The lowest BCUT2D eigenvalue weighted by atomic mass is 9.83. The predicted octanol–water partition coefficient (Wildman–Crippen LogP) is 1.32. The Balaban J connectivity index is 1.94. The van der Waals surface area contributed by atoms with Crippen molar-refractivity contribution in [3.8, 4) is 0 Å². The topological polar surface area (TPSA) is 64.1 Å². The second kappa shape index (κ2) is 6.64. The van der Waals surface area contributed by atoms with E-state index in [1.54, 1.807) is 4.90 Å². The molecule has 1 N–H and O–H groups in total. The molecule has 2 aliphatic rings. The van der Waals surface area contributed by atoms with E-state index in [0.29, 0.717) is 25.9 Å². The fraction of sp³-hybridized carbons (Fsp3) is 0.867. The molecule has 2 heterocycles. The summed E-state index contributed by atoms with van der Waals surface area (Å²) in [5.74, 6) is -0.754. The van der Waals surface area contributed by atoms with Gasteiger partial charge in [0, 0.05) is 39.3 Å². The zero-order chi connectivity index (χ0) is 15.5. The second-order valence-electron chi connectivity index (χ2n) is 6.21. The molecule has 120 valence electrons. The van der Waals surface area contributed by atoms with E-state index < -0.39 is 11.4 Å². The summed E-state index contributed by atoms with van der Waals surface area (Å²) in [7, 11) is 0. The largest absolute Gasteiger partial charge is 0.481 e. The number of hydrogen-bond donors (Lipinski definition) is 1. The number of aliphatic carboxylic acids is 1. The van der Waals surface area contributed by atoms with Gasteiger partial charge >= 0.3 is 12.0 Å². The summed E-state index contributed by atoms with van der Waals surface area (Å²) in [4.78, 5) is 30.1. The molecule has 0 aromatic carbocycles. The van der Waals surface area contributed by atoms with Crippen LogP contribution in [-0.2, 0) is 4.79 Å². The quantitative estimate of drug-likeness (QED) is 0.850. The number of likely N-dealkylation sites (N-methyl/N-ethyl adjacent to an activating group) is 1. The molecule has 21 heavy (non-hydrogen) atoms. The first kappa shape index (κ1) is 16.1. The highest BCUT2D eigenvalue weighted by molar-refractivity contribution is 5.80. The van der Waals surface area contributed by atoms with Crippen molar-refractivity contribution < 1.29 is 14.7 Å². The normalized spacial score (nSPS) is 27.1. The number of amides is 2. The number of likely N-dealkylation sites (tertiary alicyclic amines) is 1. The molecule has 0 bridgehead atoms. The van der Waals surface area contributed by atoms with Gasteiger partial charge in [0.2, 0.25) is 0 Å². The van der Waals surface area contributed by atoms with Crippen molar-refractivity contribution in [1.82, 2.24) is 14.7 Å². The number of piperazine rings is 1. The van der Waals surface area contributed by atoms with Gasteiger partial charge in [-0.25, -0.2) is 4.79 Å². The van der Waals surface area contributed by atoms with Gasteiger partial charge in [0.1, 0.15) is 0 Å². The van der Waals surface area contributed by atoms with Crippen molar-refractivity contribution in [2.24, 2.45) is 5.41 Å². The number of carboxylic acids is 1. The van der Waals surface area contributed by atoms with Crippen LogP contribution in [0.15, 0.2) is 0 Å². The average Bonchev–Trinajstić information content (AvgIpc) is 2.93. The van der Waals surface area contributed by atoms with Gasteiger partial charge in [-0.1, -0.05) is 20.3 Å². The van der Waals surface area contributed by atoms with E-state index in [-0.39, 0.29) is 6.03 Å². The SMILES string of the molecule is CCCC1(C(=O)O)CCN(C(=O)N2CCN(CC)CC2)C1. The lowest BCUT2D eigenvalue weighted by Crippen LogP contribution is -2.52. The molecule has 2 amide bonds. The molecule has 2 rings (SSSR count). The summed E-state index contributed by atoms with van der Waals surface area (Å²) in [5.41, 5.74) is -0.727. The maximum absolute atomic E-state index is 12.6. The van der Waals surface area contributed by atoms with Crippen LogP contribution in [0, 0.1) is 5.41 Å². The number of carboxylic acid groups (broad SMARTS) is 1. The molecular weight excluding hydrogens is 270 g/mol. The predicted molar refractivity (Wildman–Crippen MR) is 80.2 cm³/mol.